The molecule has 1 fully saturated rings. The maximum absolute atomic E-state index is 12.6. The molecule has 1 heterocycles. The first-order valence-corrected chi connectivity index (χ1v) is 13.5. The maximum Gasteiger partial charge on any atom is 0.264 e. The van der Waals surface area contributed by atoms with E-state index in [2.05, 4.69) is 41.2 Å². The average Bonchev–Trinajstić information content (AvgIpc) is 3.24. The molecule has 1 saturated heterocycles. The van der Waals surface area contributed by atoms with Crippen molar-refractivity contribution in [3.05, 3.63) is 87.8 Å². The molecule has 0 atom stereocenters. The predicted octanol–water partition coefficient (Wildman–Crippen LogP) is 7.06. The monoisotopic (exact) mass is 535 g/mol. The number of amides is 1. The molecule has 37 heavy (non-hydrogen) atoms. The number of carbonyl (C=O) groups excluding carboxylic acids is 1. The molecule has 0 bridgehead atoms. The fraction of sp³-hybridized carbons (Fsp3) is 0.241. The number of thioether (sulfide) groups is 1. The molecular formula is C29H30ClN3O3S. The van der Waals surface area contributed by atoms with E-state index >= 15 is 0 Å². The fourth-order valence-electron chi connectivity index (χ4n) is 3.82. The highest BCUT2D eigenvalue weighted by atomic mass is 35.5. The fourth-order valence-corrected chi connectivity index (χ4v) is 4.79. The first-order valence-electron chi connectivity index (χ1n) is 12.3. The van der Waals surface area contributed by atoms with Gasteiger partial charge in [0.1, 0.15) is 6.61 Å². The number of ether oxygens (including phenoxy) is 2. The molecule has 8 heteroatoms. The van der Waals surface area contributed by atoms with E-state index in [1.807, 2.05) is 67.6 Å². The maximum atomic E-state index is 12.6. The molecule has 1 aliphatic rings. The molecule has 4 rings (SSSR count). The summed E-state index contributed by atoms with van der Waals surface area (Å²) in [6, 6.07) is 21.2. The van der Waals surface area contributed by atoms with Crippen LogP contribution in [0, 0.1) is 0 Å². The lowest BCUT2D eigenvalue weighted by atomic mass is 10.2. The summed E-state index contributed by atoms with van der Waals surface area (Å²) in [5.41, 5.74) is 3.79. The number of halogens is 1. The summed E-state index contributed by atoms with van der Waals surface area (Å²) in [6.07, 6.45) is 1.83. The molecule has 1 N–H and O–H groups in total. The second-order valence-corrected chi connectivity index (χ2v) is 9.69. The normalized spacial score (nSPS) is 15.2. The Hall–Kier alpha value is -3.42. The number of hydrogen-bond donors (Lipinski definition) is 1. The van der Waals surface area contributed by atoms with Gasteiger partial charge < -0.3 is 19.7 Å². The van der Waals surface area contributed by atoms with Gasteiger partial charge in [0.05, 0.1) is 17.2 Å². The SMILES string of the molecule is CCOc1cc(/C=C2\SC(=Nc3ccc(N(CC)CC)cc3)NC2=O)ccc1OCc1ccc(Cl)cc1. The molecule has 0 radical (unpaired) electrons. The van der Waals surface area contributed by atoms with E-state index in [1.165, 1.54) is 11.8 Å². The van der Waals surface area contributed by atoms with E-state index in [1.54, 1.807) is 0 Å². The Morgan fingerprint density at radius 3 is 2.35 bits per heavy atom. The Kier molecular flexibility index (Phi) is 9.14. The third kappa shape index (κ3) is 7.08. The van der Waals surface area contributed by atoms with Crippen LogP contribution in [0.2, 0.25) is 5.02 Å². The van der Waals surface area contributed by atoms with E-state index < -0.39 is 0 Å². The molecule has 1 amide bonds. The zero-order chi connectivity index (χ0) is 26.2. The van der Waals surface area contributed by atoms with Crippen molar-refractivity contribution >= 4 is 51.9 Å². The number of amidine groups is 1. The smallest absolute Gasteiger partial charge is 0.264 e. The van der Waals surface area contributed by atoms with Gasteiger partial charge in [0.25, 0.3) is 5.91 Å². The first-order chi connectivity index (χ1) is 18.0. The zero-order valence-electron chi connectivity index (χ0n) is 21.2. The van der Waals surface area contributed by atoms with Crippen LogP contribution >= 0.6 is 23.4 Å². The highest BCUT2D eigenvalue weighted by molar-refractivity contribution is 8.18. The van der Waals surface area contributed by atoms with Gasteiger partial charge in [0.2, 0.25) is 0 Å². The lowest BCUT2D eigenvalue weighted by Gasteiger charge is -2.20. The minimum atomic E-state index is -0.176. The number of anilines is 1. The number of rotatable bonds is 10. The minimum Gasteiger partial charge on any atom is -0.490 e. The van der Waals surface area contributed by atoms with Crippen molar-refractivity contribution in [2.45, 2.75) is 27.4 Å². The van der Waals surface area contributed by atoms with Crippen LogP contribution in [0.15, 0.2) is 76.6 Å². The van der Waals surface area contributed by atoms with Gasteiger partial charge in [-0.05, 0) is 98.3 Å². The van der Waals surface area contributed by atoms with Gasteiger partial charge in [0.15, 0.2) is 16.7 Å². The molecule has 0 unspecified atom stereocenters. The number of aliphatic imine (C=N–C) groups is 1. The van der Waals surface area contributed by atoms with Gasteiger partial charge in [-0.3, -0.25) is 4.79 Å². The lowest BCUT2D eigenvalue weighted by Crippen LogP contribution is -2.21. The summed E-state index contributed by atoms with van der Waals surface area (Å²) in [5, 5.41) is 4.10. The summed E-state index contributed by atoms with van der Waals surface area (Å²) in [6.45, 7) is 8.98. The standard InChI is InChI=1S/C29H30ClN3O3S/c1-4-33(5-2)24-14-12-23(13-15-24)31-29-32-28(34)27(37-29)18-21-9-16-25(26(17-21)35-6-3)36-19-20-7-10-22(30)11-8-20/h7-18H,4-6,19H2,1-3H3,(H,31,32,34)/b27-18-. The summed E-state index contributed by atoms with van der Waals surface area (Å²) >= 11 is 7.28. The van der Waals surface area contributed by atoms with Crippen LogP contribution in [0.25, 0.3) is 6.08 Å². The van der Waals surface area contributed by atoms with Crippen molar-refractivity contribution < 1.29 is 14.3 Å². The van der Waals surface area contributed by atoms with Crippen molar-refractivity contribution in [2.75, 3.05) is 24.6 Å². The topological polar surface area (TPSA) is 63.2 Å². The molecule has 192 valence electrons. The molecular weight excluding hydrogens is 506 g/mol. The Morgan fingerprint density at radius 2 is 1.68 bits per heavy atom. The summed E-state index contributed by atoms with van der Waals surface area (Å²) < 4.78 is 11.8. The van der Waals surface area contributed by atoms with Gasteiger partial charge >= 0.3 is 0 Å². The molecule has 0 aliphatic carbocycles. The van der Waals surface area contributed by atoms with E-state index in [-0.39, 0.29) is 5.91 Å². The van der Waals surface area contributed by atoms with Crippen molar-refractivity contribution in [2.24, 2.45) is 4.99 Å². The number of nitrogens with zero attached hydrogens (tertiary/aromatic N) is 2. The summed E-state index contributed by atoms with van der Waals surface area (Å²) in [7, 11) is 0. The van der Waals surface area contributed by atoms with E-state index in [4.69, 9.17) is 21.1 Å². The zero-order valence-corrected chi connectivity index (χ0v) is 22.7. The van der Waals surface area contributed by atoms with Crippen molar-refractivity contribution in [1.29, 1.82) is 0 Å². The Labute approximate surface area is 227 Å². The van der Waals surface area contributed by atoms with Crippen molar-refractivity contribution in [3.8, 4) is 11.5 Å². The number of benzene rings is 3. The van der Waals surface area contributed by atoms with E-state index in [0.29, 0.717) is 39.8 Å². The van der Waals surface area contributed by atoms with Crippen LogP contribution in [0.4, 0.5) is 11.4 Å². The van der Waals surface area contributed by atoms with Gasteiger partial charge in [-0.25, -0.2) is 4.99 Å². The van der Waals surface area contributed by atoms with Crippen LogP contribution in [0.1, 0.15) is 31.9 Å². The molecule has 6 nitrogen and oxygen atoms in total. The lowest BCUT2D eigenvalue weighted by molar-refractivity contribution is -0.115. The molecule has 0 spiro atoms. The molecule has 3 aromatic rings. The van der Waals surface area contributed by atoms with E-state index in [9.17, 15) is 4.79 Å². The molecule has 1 aliphatic heterocycles. The molecule has 0 saturated carbocycles. The van der Waals surface area contributed by atoms with Gasteiger partial charge in [0, 0.05) is 23.8 Å². The Morgan fingerprint density at radius 1 is 0.946 bits per heavy atom. The average molecular weight is 536 g/mol. The molecule has 0 aromatic heterocycles. The van der Waals surface area contributed by atoms with E-state index in [0.717, 1.165) is 35.6 Å². The summed E-state index contributed by atoms with van der Waals surface area (Å²) in [4.78, 5) is 20.1. The number of nitrogens with one attached hydrogen (secondary N) is 1. The first kappa shape index (κ1) is 26.6. The Balaban J connectivity index is 1.46. The van der Waals surface area contributed by atoms with Gasteiger partial charge in [-0.1, -0.05) is 29.8 Å². The van der Waals surface area contributed by atoms with Crippen LogP contribution in [0.3, 0.4) is 0 Å². The van der Waals surface area contributed by atoms with Crippen LogP contribution in [-0.2, 0) is 11.4 Å². The molecule has 3 aromatic carbocycles. The third-order valence-electron chi connectivity index (χ3n) is 5.73. The highest BCUT2D eigenvalue weighted by Gasteiger charge is 2.24. The summed E-state index contributed by atoms with van der Waals surface area (Å²) in [5.74, 6) is 1.08. The second kappa shape index (κ2) is 12.7. The third-order valence-corrected chi connectivity index (χ3v) is 6.89. The Bertz CT molecular complexity index is 1290. The minimum absolute atomic E-state index is 0.176. The second-order valence-electron chi connectivity index (χ2n) is 8.22. The quantitative estimate of drug-likeness (QED) is 0.282. The number of hydrogen-bond acceptors (Lipinski definition) is 6. The van der Waals surface area contributed by atoms with Crippen LogP contribution in [-0.4, -0.2) is 30.8 Å². The van der Waals surface area contributed by atoms with Crippen molar-refractivity contribution in [3.63, 3.8) is 0 Å². The van der Waals surface area contributed by atoms with Crippen LogP contribution in [0.5, 0.6) is 11.5 Å². The van der Waals surface area contributed by atoms with Crippen LogP contribution < -0.4 is 19.7 Å². The van der Waals surface area contributed by atoms with Gasteiger partial charge in [-0.15, -0.1) is 0 Å². The van der Waals surface area contributed by atoms with Crippen molar-refractivity contribution in [1.82, 2.24) is 5.32 Å². The largest absolute Gasteiger partial charge is 0.490 e. The number of carbonyl (C=O) groups is 1. The predicted molar refractivity (Wildman–Crippen MR) is 154 cm³/mol. The van der Waals surface area contributed by atoms with Gasteiger partial charge in [-0.2, -0.15) is 0 Å². The highest BCUT2D eigenvalue weighted by Crippen LogP contribution is 2.33.